The molecule has 1 atom stereocenters. The van der Waals surface area contributed by atoms with Crippen molar-refractivity contribution in [3.05, 3.63) is 28.3 Å². The molecule has 0 spiro atoms. The maximum absolute atomic E-state index is 13.4. The molecular formula is C9H10ClF2NO2. The molecule has 0 aliphatic carbocycles. The number of halogens is 3. The van der Waals surface area contributed by atoms with Crippen LogP contribution < -0.4 is 10.5 Å². The Labute approximate surface area is 90.4 Å². The predicted octanol–water partition coefficient (Wildman–Crippen LogP) is 1.62. The highest BCUT2D eigenvalue weighted by Gasteiger charge is 2.21. The quantitative estimate of drug-likeness (QED) is 0.786. The Balaban J connectivity index is 3.38. The lowest BCUT2D eigenvalue weighted by molar-refractivity contribution is 0.180. The highest BCUT2D eigenvalue weighted by Crippen LogP contribution is 2.34. The van der Waals surface area contributed by atoms with Gasteiger partial charge in [-0.25, -0.2) is 8.78 Å². The number of hydrogen-bond donors (Lipinski definition) is 2. The highest BCUT2D eigenvalue weighted by molar-refractivity contribution is 6.31. The minimum atomic E-state index is -1.19. The average Bonchev–Trinajstić information content (AvgIpc) is 2.24. The molecule has 0 radical (unpaired) electrons. The van der Waals surface area contributed by atoms with E-state index in [0.29, 0.717) is 0 Å². The zero-order valence-corrected chi connectivity index (χ0v) is 8.68. The van der Waals surface area contributed by atoms with E-state index in [2.05, 4.69) is 0 Å². The van der Waals surface area contributed by atoms with Gasteiger partial charge in [-0.1, -0.05) is 11.6 Å². The number of rotatable bonds is 3. The molecule has 0 aliphatic heterocycles. The van der Waals surface area contributed by atoms with Gasteiger partial charge < -0.3 is 15.6 Å². The molecule has 0 aliphatic rings. The van der Waals surface area contributed by atoms with Gasteiger partial charge in [0.2, 0.25) is 0 Å². The van der Waals surface area contributed by atoms with Crippen LogP contribution in [0.3, 0.4) is 0 Å². The summed E-state index contributed by atoms with van der Waals surface area (Å²) in [4.78, 5) is 0. The van der Waals surface area contributed by atoms with Crippen molar-refractivity contribution in [1.82, 2.24) is 0 Å². The maximum atomic E-state index is 13.4. The number of methoxy groups -OCH3 is 1. The fourth-order valence-electron chi connectivity index (χ4n) is 1.18. The highest BCUT2D eigenvalue weighted by atomic mass is 35.5. The summed E-state index contributed by atoms with van der Waals surface area (Å²) in [5.74, 6) is -2.29. The first-order valence-electron chi connectivity index (χ1n) is 4.12. The summed E-state index contributed by atoms with van der Waals surface area (Å²) in [6.07, 6.45) is -1.19. The van der Waals surface area contributed by atoms with Crippen LogP contribution in [0.5, 0.6) is 5.75 Å². The molecule has 0 amide bonds. The van der Waals surface area contributed by atoms with E-state index in [1.54, 1.807) is 0 Å². The predicted molar refractivity (Wildman–Crippen MR) is 51.9 cm³/mol. The third-order valence-electron chi connectivity index (χ3n) is 1.93. The van der Waals surface area contributed by atoms with Gasteiger partial charge >= 0.3 is 0 Å². The minimum absolute atomic E-state index is 0.0561. The molecule has 0 heterocycles. The van der Waals surface area contributed by atoms with E-state index in [9.17, 15) is 13.9 Å². The minimum Gasteiger partial charge on any atom is -0.493 e. The molecule has 0 bridgehead atoms. The van der Waals surface area contributed by atoms with Crippen LogP contribution in [-0.4, -0.2) is 18.8 Å². The van der Waals surface area contributed by atoms with E-state index in [1.807, 2.05) is 0 Å². The monoisotopic (exact) mass is 237 g/mol. The van der Waals surface area contributed by atoms with Crippen LogP contribution in [0.15, 0.2) is 6.07 Å². The Hall–Kier alpha value is -0.910. The second-order valence-electron chi connectivity index (χ2n) is 2.86. The molecule has 0 saturated heterocycles. The van der Waals surface area contributed by atoms with Gasteiger partial charge in [-0.2, -0.15) is 0 Å². The van der Waals surface area contributed by atoms with Gasteiger partial charge in [-0.05, 0) is 6.07 Å². The van der Waals surface area contributed by atoms with E-state index < -0.39 is 22.8 Å². The first kappa shape index (κ1) is 12.2. The lowest BCUT2D eigenvalue weighted by Crippen LogP contribution is -2.13. The molecule has 0 saturated carbocycles. The number of hydrogen-bond acceptors (Lipinski definition) is 3. The average molecular weight is 238 g/mol. The summed E-state index contributed by atoms with van der Waals surface area (Å²) >= 11 is 5.34. The van der Waals surface area contributed by atoms with Crippen LogP contribution in [0, 0.1) is 11.6 Å². The summed E-state index contributed by atoms with van der Waals surface area (Å²) in [5, 5.41) is 8.73. The summed E-state index contributed by atoms with van der Waals surface area (Å²) in [7, 11) is 1.19. The van der Waals surface area contributed by atoms with Crippen LogP contribution in [0.4, 0.5) is 8.78 Å². The Morgan fingerprint density at radius 1 is 1.60 bits per heavy atom. The summed E-state index contributed by atoms with van der Waals surface area (Å²) in [5.41, 5.74) is 5.13. The SMILES string of the molecule is COc1c(C(O)CN)cc(F)c(Cl)c1F. The maximum Gasteiger partial charge on any atom is 0.186 e. The van der Waals surface area contributed by atoms with Gasteiger partial charge in [0.05, 0.1) is 13.2 Å². The molecular weight excluding hydrogens is 228 g/mol. The number of aliphatic hydroxyl groups excluding tert-OH is 1. The molecule has 15 heavy (non-hydrogen) atoms. The van der Waals surface area contributed by atoms with Gasteiger partial charge in [0.1, 0.15) is 10.8 Å². The number of benzene rings is 1. The molecule has 84 valence electrons. The van der Waals surface area contributed by atoms with Crippen molar-refractivity contribution < 1.29 is 18.6 Å². The number of nitrogens with two attached hydrogens (primary N) is 1. The Kier molecular flexibility index (Phi) is 3.84. The standard InChI is InChI=1S/C9H10ClF2NO2/c1-15-9-4(6(14)3-13)2-5(11)7(10)8(9)12/h2,6,14H,3,13H2,1H3. The first-order valence-corrected chi connectivity index (χ1v) is 4.50. The van der Waals surface area contributed by atoms with Crippen molar-refractivity contribution in [3.63, 3.8) is 0 Å². The Morgan fingerprint density at radius 3 is 2.67 bits per heavy atom. The normalized spacial score (nSPS) is 12.7. The number of ether oxygens (including phenoxy) is 1. The lowest BCUT2D eigenvalue weighted by Gasteiger charge is -2.14. The summed E-state index contributed by atoms with van der Waals surface area (Å²) in [6.45, 7) is -0.170. The molecule has 3 N–H and O–H groups in total. The lowest BCUT2D eigenvalue weighted by atomic mass is 10.1. The van der Waals surface area contributed by atoms with E-state index in [0.717, 1.165) is 6.07 Å². The van der Waals surface area contributed by atoms with Gasteiger partial charge in [0.25, 0.3) is 0 Å². The largest absolute Gasteiger partial charge is 0.493 e. The van der Waals surface area contributed by atoms with Crippen LogP contribution in [-0.2, 0) is 0 Å². The van der Waals surface area contributed by atoms with Gasteiger partial charge in [-0.15, -0.1) is 0 Å². The van der Waals surface area contributed by atoms with Crippen molar-refractivity contribution in [2.45, 2.75) is 6.10 Å². The van der Waals surface area contributed by atoms with Crippen LogP contribution in [0.2, 0.25) is 5.02 Å². The summed E-state index contributed by atoms with van der Waals surface area (Å²) < 4.78 is 31.1. The molecule has 1 aromatic carbocycles. The third-order valence-corrected chi connectivity index (χ3v) is 2.28. The van der Waals surface area contributed by atoms with E-state index in [4.69, 9.17) is 22.1 Å². The fraction of sp³-hybridized carbons (Fsp3) is 0.333. The van der Waals surface area contributed by atoms with Crippen molar-refractivity contribution in [2.75, 3.05) is 13.7 Å². The fourth-order valence-corrected chi connectivity index (χ4v) is 1.32. The second-order valence-corrected chi connectivity index (χ2v) is 3.24. The topological polar surface area (TPSA) is 55.5 Å². The second kappa shape index (κ2) is 4.74. The number of aliphatic hydroxyl groups is 1. The molecule has 0 fully saturated rings. The van der Waals surface area contributed by atoms with Crippen molar-refractivity contribution in [1.29, 1.82) is 0 Å². The third kappa shape index (κ3) is 2.19. The molecule has 3 nitrogen and oxygen atoms in total. The van der Waals surface area contributed by atoms with Gasteiger partial charge in [0.15, 0.2) is 11.6 Å². The molecule has 1 aromatic rings. The van der Waals surface area contributed by atoms with Crippen molar-refractivity contribution in [3.8, 4) is 5.75 Å². The Bertz CT molecular complexity index is 374. The van der Waals surface area contributed by atoms with Crippen molar-refractivity contribution >= 4 is 11.6 Å². The smallest absolute Gasteiger partial charge is 0.186 e. The zero-order valence-electron chi connectivity index (χ0n) is 7.93. The molecule has 6 heteroatoms. The van der Waals surface area contributed by atoms with Crippen molar-refractivity contribution in [2.24, 2.45) is 5.73 Å². The van der Waals surface area contributed by atoms with Gasteiger partial charge in [0, 0.05) is 12.1 Å². The summed E-state index contributed by atoms with van der Waals surface area (Å²) in [6, 6.07) is 0.905. The molecule has 1 unspecified atom stereocenters. The first-order chi connectivity index (χ1) is 7.02. The van der Waals surface area contributed by atoms with Crippen LogP contribution >= 0.6 is 11.6 Å². The van der Waals surface area contributed by atoms with E-state index >= 15 is 0 Å². The Morgan fingerprint density at radius 2 is 2.20 bits per heavy atom. The van der Waals surface area contributed by atoms with Crippen LogP contribution in [0.1, 0.15) is 11.7 Å². The molecule has 1 rings (SSSR count). The van der Waals surface area contributed by atoms with E-state index in [-0.39, 0.29) is 17.9 Å². The van der Waals surface area contributed by atoms with Gasteiger partial charge in [-0.3, -0.25) is 0 Å². The van der Waals surface area contributed by atoms with E-state index in [1.165, 1.54) is 7.11 Å². The zero-order chi connectivity index (χ0) is 11.6. The molecule has 0 aromatic heterocycles. The van der Waals surface area contributed by atoms with Crippen LogP contribution in [0.25, 0.3) is 0 Å².